The van der Waals surface area contributed by atoms with Gasteiger partial charge in [0.1, 0.15) is 0 Å². The number of hydrogen-bond acceptors (Lipinski definition) is 1. The van der Waals surface area contributed by atoms with Crippen LogP contribution < -0.4 is 5.32 Å². The first kappa shape index (κ1) is 8.75. The largest absolute Gasteiger partial charge is 0.311 e. The summed E-state index contributed by atoms with van der Waals surface area (Å²) in [5.41, 5.74) is 1.41. The number of nitrogens with one attached hydrogen (secondary N) is 1. The number of fused-ring (bicyclic) bond motifs is 2. The van der Waals surface area contributed by atoms with Crippen molar-refractivity contribution in [2.75, 3.05) is 0 Å². The monoisotopic (exact) mass is 207 g/mol. The van der Waals surface area contributed by atoms with Crippen LogP contribution in [0.25, 0.3) is 0 Å². The highest BCUT2D eigenvalue weighted by atomic mass is 35.5. The molecular formula is C12H14ClN. The molecule has 2 saturated heterocycles. The molecular weight excluding hydrogens is 194 g/mol. The summed E-state index contributed by atoms with van der Waals surface area (Å²) in [4.78, 5) is 0. The predicted molar refractivity (Wildman–Crippen MR) is 58.8 cm³/mol. The van der Waals surface area contributed by atoms with Crippen molar-refractivity contribution in [3.63, 3.8) is 0 Å². The van der Waals surface area contributed by atoms with E-state index in [4.69, 9.17) is 11.6 Å². The van der Waals surface area contributed by atoms with Crippen LogP contribution in [0.3, 0.4) is 0 Å². The number of hydrogen-bond donors (Lipinski definition) is 1. The van der Waals surface area contributed by atoms with Crippen LogP contribution in [0, 0.1) is 0 Å². The lowest BCUT2D eigenvalue weighted by molar-refractivity contribution is 0.506. The van der Waals surface area contributed by atoms with E-state index in [1.165, 1.54) is 24.8 Å². The minimum Gasteiger partial charge on any atom is -0.311 e. The highest BCUT2D eigenvalue weighted by Gasteiger charge is 2.39. The summed E-state index contributed by atoms with van der Waals surface area (Å²) in [5, 5.41) is 4.52. The molecule has 2 bridgehead atoms. The van der Waals surface area contributed by atoms with Crippen LogP contribution in [0.15, 0.2) is 24.3 Å². The van der Waals surface area contributed by atoms with Crippen LogP contribution in [-0.4, -0.2) is 12.1 Å². The fourth-order valence-electron chi connectivity index (χ4n) is 2.93. The Morgan fingerprint density at radius 2 is 2.21 bits per heavy atom. The highest BCUT2D eigenvalue weighted by Crippen LogP contribution is 2.40. The average molecular weight is 208 g/mol. The van der Waals surface area contributed by atoms with Gasteiger partial charge in [-0.3, -0.25) is 0 Å². The van der Waals surface area contributed by atoms with Crippen molar-refractivity contribution in [2.24, 2.45) is 0 Å². The van der Waals surface area contributed by atoms with Crippen LogP contribution in [0.4, 0.5) is 0 Å². The van der Waals surface area contributed by atoms with E-state index < -0.39 is 0 Å². The molecule has 0 radical (unpaired) electrons. The van der Waals surface area contributed by atoms with Crippen molar-refractivity contribution in [3.8, 4) is 0 Å². The zero-order valence-electron chi connectivity index (χ0n) is 8.04. The molecule has 1 aromatic rings. The Hall–Kier alpha value is -0.530. The van der Waals surface area contributed by atoms with E-state index in [2.05, 4.69) is 23.5 Å². The summed E-state index contributed by atoms with van der Waals surface area (Å²) in [6.45, 7) is 0. The van der Waals surface area contributed by atoms with Crippen LogP contribution in [0.2, 0.25) is 5.02 Å². The Kier molecular flexibility index (Phi) is 2.03. The molecule has 0 spiro atoms. The maximum Gasteiger partial charge on any atom is 0.0408 e. The van der Waals surface area contributed by atoms with E-state index in [0.29, 0.717) is 12.0 Å². The average Bonchev–Trinajstić information content (AvgIpc) is 2.78. The molecule has 0 saturated carbocycles. The van der Waals surface area contributed by atoms with Gasteiger partial charge in [-0.25, -0.2) is 0 Å². The van der Waals surface area contributed by atoms with Crippen LogP contribution in [0.5, 0.6) is 0 Å². The minimum atomic E-state index is 0.701. The Morgan fingerprint density at radius 1 is 1.29 bits per heavy atom. The minimum absolute atomic E-state index is 0.701. The van der Waals surface area contributed by atoms with Gasteiger partial charge >= 0.3 is 0 Å². The van der Waals surface area contributed by atoms with E-state index in [0.717, 1.165) is 11.1 Å². The zero-order valence-corrected chi connectivity index (χ0v) is 8.80. The second-order valence-electron chi connectivity index (χ2n) is 4.44. The summed E-state index contributed by atoms with van der Waals surface area (Å²) in [6, 6.07) is 9.81. The van der Waals surface area contributed by atoms with Gasteiger partial charge in [0.05, 0.1) is 0 Å². The van der Waals surface area contributed by atoms with E-state index in [-0.39, 0.29) is 0 Å². The molecule has 0 amide bonds. The molecule has 2 unspecified atom stereocenters. The zero-order chi connectivity index (χ0) is 9.54. The number of rotatable bonds is 1. The normalized spacial score (nSPS) is 35.1. The third-order valence-electron chi connectivity index (χ3n) is 3.58. The molecule has 3 atom stereocenters. The fourth-order valence-corrected chi connectivity index (χ4v) is 3.13. The van der Waals surface area contributed by atoms with Gasteiger partial charge in [0.25, 0.3) is 0 Å². The molecule has 1 N–H and O–H groups in total. The van der Waals surface area contributed by atoms with Gasteiger partial charge in [0.15, 0.2) is 0 Å². The van der Waals surface area contributed by atoms with Crippen molar-refractivity contribution in [1.82, 2.24) is 5.32 Å². The van der Waals surface area contributed by atoms with Gasteiger partial charge in [-0.2, -0.15) is 0 Å². The van der Waals surface area contributed by atoms with Gasteiger partial charge in [0.2, 0.25) is 0 Å². The predicted octanol–water partition coefficient (Wildman–Crippen LogP) is 2.95. The molecule has 74 valence electrons. The molecule has 1 nitrogen and oxygen atoms in total. The second kappa shape index (κ2) is 3.25. The molecule has 0 aliphatic carbocycles. The quantitative estimate of drug-likeness (QED) is 0.747. The summed E-state index contributed by atoms with van der Waals surface area (Å²) >= 11 is 6.00. The molecule has 1 aromatic carbocycles. The second-order valence-corrected chi connectivity index (χ2v) is 4.88. The lowest BCUT2D eigenvalue weighted by Gasteiger charge is -2.20. The lowest BCUT2D eigenvalue weighted by Crippen LogP contribution is -2.21. The standard InChI is InChI=1S/C12H14ClN/c13-9-3-1-2-8(6-9)11-7-10-4-5-12(11)14-10/h1-3,6,10-12,14H,4-5,7H2/t10?,11-,12?/m1/s1. The maximum atomic E-state index is 6.00. The Morgan fingerprint density at radius 3 is 2.86 bits per heavy atom. The number of halogens is 1. The molecule has 2 heteroatoms. The lowest BCUT2D eigenvalue weighted by atomic mass is 9.84. The molecule has 0 aromatic heterocycles. The molecule has 2 aliphatic heterocycles. The summed E-state index contributed by atoms with van der Waals surface area (Å²) < 4.78 is 0. The van der Waals surface area contributed by atoms with Crippen LogP contribution in [0.1, 0.15) is 30.7 Å². The molecule has 3 rings (SSSR count). The van der Waals surface area contributed by atoms with Gasteiger partial charge in [-0.15, -0.1) is 0 Å². The third-order valence-corrected chi connectivity index (χ3v) is 3.81. The molecule has 2 fully saturated rings. The van der Waals surface area contributed by atoms with Gasteiger partial charge < -0.3 is 5.32 Å². The van der Waals surface area contributed by atoms with Crippen molar-refractivity contribution in [2.45, 2.75) is 37.3 Å². The van der Waals surface area contributed by atoms with Crippen molar-refractivity contribution < 1.29 is 0 Å². The topological polar surface area (TPSA) is 12.0 Å². The summed E-state index contributed by atoms with van der Waals surface area (Å²) in [6.07, 6.45) is 3.99. The van der Waals surface area contributed by atoms with Gasteiger partial charge in [0, 0.05) is 23.0 Å². The smallest absolute Gasteiger partial charge is 0.0408 e. The van der Waals surface area contributed by atoms with Crippen LogP contribution in [-0.2, 0) is 0 Å². The third kappa shape index (κ3) is 1.35. The highest BCUT2D eigenvalue weighted by molar-refractivity contribution is 6.30. The van der Waals surface area contributed by atoms with E-state index in [1.807, 2.05) is 6.07 Å². The van der Waals surface area contributed by atoms with E-state index >= 15 is 0 Å². The first-order chi connectivity index (χ1) is 6.83. The van der Waals surface area contributed by atoms with E-state index in [1.54, 1.807) is 0 Å². The first-order valence-electron chi connectivity index (χ1n) is 5.34. The summed E-state index contributed by atoms with van der Waals surface area (Å²) in [5.74, 6) is 0.701. The van der Waals surface area contributed by atoms with Crippen molar-refractivity contribution in [1.29, 1.82) is 0 Å². The summed E-state index contributed by atoms with van der Waals surface area (Å²) in [7, 11) is 0. The first-order valence-corrected chi connectivity index (χ1v) is 5.72. The molecule has 14 heavy (non-hydrogen) atoms. The van der Waals surface area contributed by atoms with Crippen molar-refractivity contribution >= 4 is 11.6 Å². The van der Waals surface area contributed by atoms with Gasteiger partial charge in [-0.05, 0) is 37.0 Å². The van der Waals surface area contributed by atoms with Gasteiger partial charge in [-0.1, -0.05) is 23.7 Å². The SMILES string of the molecule is Clc1cccc([C@H]2CC3CCC2N3)c1. The Labute approximate surface area is 89.5 Å². The molecule has 2 aliphatic rings. The number of benzene rings is 1. The fraction of sp³-hybridized carbons (Fsp3) is 0.500. The Bertz CT molecular complexity index is 350. The molecule has 2 heterocycles. The Balaban J connectivity index is 1.89. The van der Waals surface area contributed by atoms with E-state index in [9.17, 15) is 0 Å². The van der Waals surface area contributed by atoms with Crippen LogP contribution >= 0.6 is 11.6 Å². The maximum absolute atomic E-state index is 6.00. The van der Waals surface area contributed by atoms with Crippen molar-refractivity contribution in [3.05, 3.63) is 34.9 Å².